The Morgan fingerprint density at radius 2 is 1.54 bits per heavy atom. The molecule has 28 heavy (non-hydrogen) atoms. The molecule has 0 unspecified atom stereocenters. The Labute approximate surface area is 162 Å². The molecule has 0 spiro atoms. The van der Waals surface area contributed by atoms with E-state index in [1.807, 2.05) is 71.6 Å². The maximum Gasteiger partial charge on any atom is 0.188 e. The van der Waals surface area contributed by atoms with Gasteiger partial charge in [0.1, 0.15) is 11.6 Å². The van der Waals surface area contributed by atoms with Gasteiger partial charge in [-0.25, -0.2) is 8.78 Å². The van der Waals surface area contributed by atoms with Crippen LogP contribution in [0.5, 0.6) is 0 Å². The van der Waals surface area contributed by atoms with E-state index >= 15 is 0 Å². The van der Waals surface area contributed by atoms with E-state index in [1.165, 1.54) is 6.08 Å². The van der Waals surface area contributed by atoms with Crippen LogP contribution in [-0.4, -0.2) is 5.78 Å². The van der Waals surface area contributed by atoms with Gasteiger partial charge in [-0.15, -0.1) is 0 Å². The normalized spacial score (nSPS) is 14.2. The van der Waals surface area contributed by atoms with Crippen LogP contribution in [0, 0.1) is 11.6 Å². The lowest BCUT2D eigenvalue weighted by Gasteiger charge is -2.30. The molecule has 0 N–H and O–H groups in total. The Morgan fingerprint density at radius 3 is 2.29 bits per heavy atom. The van der Waals surface area contributed by atoms with Crippen molar-refractivity contribution < 1.29 is 13.6 Å². The Balaban J connectivity index is 1.73. The van der Waals surface area contributed by atoms with Gasteiger partial charge in [0.15, 0.2) is 5.78 Å². The SMILES string of the molecule is O=C(/C=C1\C=Cc2ccccc2N1Cc1ccccc1)c1cc(F)cc(F)c1. The number of allylic oxidation sites excluding steroid dienone is 2. The molecule has 1 aliphatic heterocycles. The summed E-state index contributed by atoms with van der Waals surface area (Å²) in [5, 5.41) is 0. The molecule has 0 radical (unpaired) electrons. The summed E-state index contributed by atoms with van der Waals surface area (Å²) < 4.78 is 27.0. The summed E-state index contributed by atoms with van der Waals surface area (Å²) >= 11 is 0. The molecule has 0 saturated heterocycles. The molecular weight excluding hydrogens is 356 g/mol. The number of halogens is 2. The van der Waals surface area contributed by atoms with Crippen LogP contribution in [0.3, 0.4) is 0 Å². The number of hydrogen-bond acceptors (Lipinski definition) is 2. The van der Waals surface area contributed by atoms with E-state index in [0.29, 0.717) is 12.2 Å². The highest BCUT2D eigenvalue weighted by Gasteiger charge is 2.19. The lowest BCUT2D eigenvalue weighted by atomic mass is 10.0. The highest BCUT2D eigenvalue weighted by atomic mass is 19.1. The van der Waals surface area contributed by atoms with Gasteiger partial charge >= 0.3 is 0 Å². The number of fused-ring (bicyclic) bond motifs is 1. The predicted molar refractivity (Wildman–Crippen MR) is 107 cm³/mol. The first-order chi connectivity index (χ1) is 13.6. The number of hydrogen-bond donors (Lipinski definition) is 0. The number of rotatable bonds is 4. The van der Waals surface area contributed by atoms with Crippen LogP contribution in [-0.2, 0) is 6.54 Å². The third-order valence-electron chi connectivity index (χ3n) is 4.58. The first-order valence-corrected chi connectivity index (χ1v) is 8.91. The molecule has 0 aliphatic carbocycles. The molecule has 4 heteroatoms. The summed E-state index contributed by atoms with van der Waals surface area (Å²) in [6.45, 7) is 0.568. The van der Waals surface area contributed by atoms with Crippen molar-refractivity contribution >= 4 is 17.5 Å². The largest absolute Gasteiger partial charge is 0.336 e. The van der Waals surface area contributed by atoms with E-state index < -0.39 is 17.4 Å². The third-order valence-corrected chi connectivity index (χ3v) is 4.58. The van der Waals surface area contributed by atoms with Crippen LogP contribution in [0.25, 0.3) is 6.08 Å². The van der Waals surface area contributed by atoms with E-state index in [2.05, 4.69) is 0 Å². The zero-order chi connectivity index (χ0) is 19.5. The van der Waals surface area contributed by atoms with Crippen LogP contribution in [0.2, 0.25) is 0 Å². The van der Waals surface area contributed by atoms with Gasteiger partial charge in [0, 0.05) is 35.6 Å². The quantitative estimate of drug-likeness (QED) is 0.428. The van der Waals surface area contributed by atoms with Crippen LogP contribution in [0.15, 0.2) is 90.6 Å². The van der Waals surface area contributed by atoms with Gasteiger partial charge < -0.3 is 4.90 Å². The van der Waals surface area contributed by atoms with Crippen LogP contribution in [0.1, 0.15) is 21.5 Å². The second-order valence-electron chi connectivity index (χ2n) is 6.56. The van der Waals surface area contributed by atoms with Gasteiger partial charge in [-0.1, -0.05) is 54.6 Å². The summed E-state index contributed by atoms with van der Waals surface area (Å²) in [7, 11) is 0. The lowest BCUT2D eigenvalue weighted by molar-refractivity contribution is 0.104. The van der Waals surface area contributed by atoms with Crippen molar-refractivity contribution in [3.8, 4) is 0 Å². The fourth-order valence-corrected chi connectivity index (χ4v) is 3.26. The second kappa shape index (κ2) is 7.61. The van der Waals surface area contributed by atoms with E-state index in [9.17, 15) is 13.6 Å². The highest BCUT2D eigenvalue weighted by Crippen LogP contribution is 2.32. The molecule has 3 aromatic rings. The van der Waals surface area contributed by atoms with Crippen molar-refractivity contribution in [1.29, 1.82) is 0 Å². The molecule has 3 aromatic carbocycles. The predicted octanol–water partition coefficient (Wildman–Crippen LogP) is 5.77. The molecule has 0 bridgehead atoms. The number of benzene rings is 3. The summed E-state index contributed by atoms with van der Waals surface area (Å²) in [4.78, 5) is 14.7. The fraction of sp³-hybridized carbons (Fsp3) is 0.0417. The average molecular weight is 373 g/mol. The summed E-state index contributed by atoms with van der Waals surface area (Å²) in [5.74, 6) is -1.99. The standard InChI is InChI=1S/C24H17F2NO/c25-20-12-19(13-21(26)14-20)24(28)15-22-11-10-18-8-4-5-9-23(18)27(22)16-17-6-2-1-3-7-17/h1-15H,16H2/b22-15+. The first-order valence-electron chi connectivity index (χ1n) is 8.91. The second-order valence-corrected chi connectivity index (χ2v) is 6.56. The minimum absolute atomic E-state index is 0.0167. The highest BCUT2D eigenvalue weighted by molar-refractivity contribution is 6.05. The zero-order valence-corrected chi connectivity index (χ0v) is 15.0. The minimum Gasteiger partial charge on any atom is -0.336 e. The topological polar surface area (TPSA) is 20.3 Å². The lowest BCUT2D eigenvalue weighted by Crippen LogP contribution is -2.24. The van der Waals surface area contributed by atoms with Crippen molar-refractivity contribution in [2.75, 3.05) is 4.90 Å². The average Bonchev–Trinajstić information content (AvgIpc) is 2.70. The first kappa shape index (κ1) is 17.9. The number of nitrogens with zero attached hydrogens (tertiary/aromatic N) is 1. The fourth-order valence-electron chi connectivity index (χ4n) is 3.26. The van der Waals surface area contributed by atoms with Crippen molar-refractivity contribution in [1.82, 2.24) is 0 Å². The van der Waals surface area contributed by atoms with Crippen molar-refractivity contribution in [2.45, 2.75) is 6.54 Å². The molecule has 0 saturated carbocycles. The van der Waals surface area contributed by atoms with Crippen LogP contribution in [0.4, 0.5) is 14.5 Å². The number of ketones is 1. The van der Waals surface area contributed by atoms with Crippen molar-refractivity contribution in [3.05, 3.63) is 119 Å². The molecule has 1 heterocycles. The smallest absolute Gasteiger partial charge is 0.188 e. The molecule has 2 nitrogen and oxygen atoms in total. The van der Waals surface area contributed by atoms with Crippen LogP contribution < -0.4 is 4.90 Å². The number of carbonyl (C=O) groups excluding carboxylic acids is 1. The number of para-hydroxylation sites is 1. The maximum atomic E-state index is 13.5. The molecule has 0 amide bonds. The molecular formula is C24H17F2NO. The van der Waals surface area contributed by atoms with E-state index in [0.717, 1.165) is 35.0 Å². The Hall–Kier alpha value is -3.53. The van der Waals surface area contributed by atoms with E-state index in [-0.39, 0.29) is 5.56 Å². The Kier molecular flexibility index (Phi) is 4.85. The van der Waals surface area contributed by atoms with Crippen LogP contribution >= 0.6 is 0 Å². The van der Waals surface area contributed by atoms with Gasteiger partial charge in [-0.3, -0.25) is 4.79 Å². The van der Waals surface area contributed by atoms with Gasteiger partial charge in [-0.2, -0.15) is 0 Å². The number of carbonyl (C=O) groups is 1. The van der Waals surface area contributed by atoms with Crippen molar-refractivity contribution in [3.63, 3.8) is 0 Å². The Bertz CT molecular complexity index is 1070. The molecule has 138 valence electrons. The molecule has 0 aromatic heterocycles. The van der Waals surface area contributed by atoms with Gasteiger partial charge in [0.2, 0.25) is 0 Å². The van der Waals surface area contributed by atoms with Gasteiger partial charge in [-0.05, 0) is 35.4 Å². The Morgan fingerprint density at radius 1 is 0.857 bits per heavy atom. The molecule has 4 rings (SSSR count). The summed E-state index contributed by atoms with van der Waals surface area (Å²) in [6.07, 6.45) is 5.20. The third kappa shape index (κ3) is 3.76. The number of anilines is 1. The molecule has 0 atom stereocenters. The minimum atomic E-state index is -0.771. The van der Waals surface area contributed by atoms with E-state index in [1.54, 1.807) is 0 Å². The van der Waals surface area contributed by atoms with Gasteiger partial charge in [0.05, 0.1) is 0 Å². The monoisotopic (exact) mass is 373 g/mol. The summed E-state index contributed by atoms with van der Waals surface area (Å²) in [6, 6.07) is 20.6. The van der Waals surface area contributed by atoms with E-state index in [4.69, 9.17) is 0 Å². The maximum absolute atomic E-state index is 13.5. The molecule has 0 fully saturated rings. The zero-order valence-electron chi connectivity index (χ0n) is 15.0. The van der Waals surface area contributed by atoms with Crippen molar-refractivity contribution in [2.24, 2.45) is 0 Å². The molecule has 1 aliphatic rings. The van der Waals surface area contributed by atoms with Gasteiger partial charge in [0.25, 0.3) is 0 Å². The summed E-state index contributed by atoms with van der Waals surface area (Å²) in [5.41, 5.74) is 3.75.